The predicted molar refractivity (Wildman–Crippen MR) is 59.4 cm³/mol. The van der Waals surface area contributed by atoms with Crippen LogP contribution in [0.1, 0.15) is 18.7 Å². The zero-order valence-corrected chi connectivity index (χ0v) is 9.34. The van der Waals surface area contributed by atoms with Crippen LogP contribution in [0.25, 0.3) is 0 Å². The summed E-state index contributed by atoms with van der Waals surface area (Å²) >= 11 is 1.51. The number of nitrogens with two attached hydrogens (primary N) is 1. The minimum Gasteiger partial charge on any atom is -0.375 e. The maximum atomic E-state index is 5.64. The van der Waals surface area contributed by atoms with E-state index in [0.717, 1.165) is 18.8 Å². The van der Waals surface area contributed by atoms with Crippen LogP contribution >= 0.6 is 11.3 Å². The van der Waals surface area contributed by atoms with Gasteiger partial charge in [-0.2, -0.15) is 0 Å². The molecule has 78 valence electrons. The van der Waals surface area contributed by atoms with E-state index in [2.05, 4.69) is 34.6 Å². The molecule has 2 unspecified atom stereocenters. The molecule has 2 rings (SSSR count). The van der Waals surface area contributed by atoms with Crippen molar-refractivity contribution in [2.75, 3.05) is 25.9 Å². The monoisotopic (exact) mass is 212 g/mol. The summed E-state index contributed by atoms with van der Waals surface area (Å²) in [4.78, 5) is 6.68. The highest BCUT2D eigenvalue weighted by Crippen LogP contribution is 2.27. The lowest BCUT2D eigenvalue weighted by Gasteiger charge is -2.37. The molecule has 4 nitrogen and oxygen atoms in total. The minimum atomic E-state index is 0.359. The summed E-state index contributed by atoms with van der Waals surface area (Å²) in [5.41, 5.74) is 6.74. The van der Waals surface area contributed by atoms with E-state index in [1.54, 1.807) is 0 Å². The van der Waals surface area contributed by atoms with Gasteiger partial charge in [0, 0.05) is 24.5 Å². The summed E-state index contributed by atoms with van der Waals surface area (Å²) in [6.45, 7) is 4.30. The number of nitrogen functional groups attached to an aromatic ring is 1. The Labute approximate surface area is 88.1 Å². The quantitative estimate of drug-likeness (QED) is 0.719. The normalized spacial score (nSPS) is 29.3. The zero-order valence-electron chi connectivity index (χ0n) is 8.53. The Kier molecular flexibility index (Phi) is 2.71. The van der Waals surface area contributed by atoms with Crippen LogP contribution in [0.5, 0.6) is 0 Å². The Morgan fingerprint density at radius 3 is 3.07 bits per heavy atom. The molecule has 14 heavy (non-hydrogen) atoms. The van der Waals surface area contributed by atoms with Crippen LogP contribution in [0, 0.1) is 0 Å². The molecule has 1 fully saturated rings. The van der Waals surface area contributed by atoms with Gasteiger partial charge in [0.2, 0.25) is 0 Å². The Hall–Kier alpha value is -0.650. The lowest BCUT2D eigenvalue weighted by atomic mass is 10.0. The number of nitrogens with one attached hydrogen (secondary N) is 1. The van der Waals surface area contributed by atoms with Gasteiger partial charge in [0.1, 0.15) is 0 Å². The summed E-state index contributed by atoms with van der Waals surface area (Å²) in [5.74, 6) is 0. The highest BCUT2D eigenvalue weighted by atomic mass is 32.1. The average molecular weight is 212 g/mol. The third-order valence-electron chi connectivity index (χ3n) is 2.72. The molecule has 0 radical (unpaired) electrons. The number of aromatic nitrogens is 1. The molecule has 1 aliphatic heterocycles. The van der Waals surface area contributed by atoms with E-state index in [9.17, 15) is 0 Å². The smallest absolute Gasteiger partial charge is 0.180 e. The second-order valence-electron chi connectivity index (χ2n) is 3.78. The summed E-state index contributed by atoms with van der Waals surface area (Å²) in [7, 11) is 2.14. The molecule has 0 bridgehead atoms. The second kappa shape index (κ2) is 3.84. The van der Waals surface area contributed by atoms with Crippen molar-refractivity contribution in [2.45, 2.75) is 19.0 Å². The third kappa shape index (κ3) is 1.75. The minimum absolute atomic E-state index is 0.359. The SMILES string of the molecule is CC1NCCN(C)C1c1csc(N)n1. The van der Waals surface area contributed by atoms with Crippen LogP contribution < -0.4 is 11.1 Å². The Morgan fingerprint density at radius 2 is 2.50 bits per heavy atom. The number of likely N-dealkylation sites (N-methyl/N-ethyl adjacent to an activating group) is 1. The van der Waals surface area contributed by atoms with Crippen molar-refractivity contribution in [3.8, 4) is 0 Å². The van der Waals surface area contributed by atoms with Gasteiger partial charge in [-0.1, -0.05) is 0 Å². The molecule has 0 saturated carbocycles. The van der Waals surface area contributed by atoms with E-state index in [-0.39, 0.29) is 0 Å². The number of rotatable bonds is 1. The van der Waals surface area contributed by atoms with Crippen molar-refractivity contribution in [3.05, 3.63) is 11.1 Å². The molecule has 0 aliphatic carbocycles. The van der Waals surface area contributed by atoms with Gasteiger partial charge in [-0.05, 0) is 14.0 Å². The molecule has 2 heterocycles. The maximum Gasteiger partial charge on any atom is 0.180 e. The summed E-state index contributed by atoms with van der Waals surface area (Å²) in [5, 5.41) is 6.17. The van der Waals surface area contributed by atoms with E-state index >= 15 is 0 Å². The second-order valence-corrected chi connectivity index (χ2v) is 4.67. The van der Waals surface area contributed by atoms with E-state index < -0.39 is 0 Å². The molecule has 0 spiro atoms. The number of piperazine rings is 1. The van der Waals surface area contributed by atoms with Crippen LogP contribution in [0.4, 0.5) is 5.13 Å². The Balaban J connectivity index is 2.22. The van der Waals surface area contributed by atoms with Crippen molar-refractivity contribution in [3.63, 3.8) is 0 Å². The van der Waals surface area contributed by atoms with E-state index in [1.807, 2.05) is 0 Å². The highest BCUT2D eigenvalue weighted by molar-refractivity contribution is 7.13. The number of anilines is 1. The van der Waals surface area contributed by atoms with Gasteiger partial charge >= 0.3 is 0 Å². The van der Waals surface area contributed by atoms with Crippen LogP contribution in [0.2, 0.25) is 0 Å². The van der Waals surface area contributed by atoms with Crippen molar-refractivity contribution < 1.29 is 0 Å². The molecule has 0 amide bonds. The van der Waals surface area contributed by atoms with Gasteiger partial charge < -0.3 is 11.1 Å². The van der Waals surface area contributed by atoms with Gasteiger partial charge in [-0.25, -0.2) is 4.98 Å². The fraction of sp³-hybridized carbons (Fsp3) is 0.667. The first-order chi connectivity index (χ1) is 6.68. The molecule has 3 N–H and O–H groups in total. The first-order valence-corrected chi connectivity index (χ1v) is 5.71. The summed E-state index contributed by atoms with van der Waals surface area (Å²) in [6.07, 6.45) is 0. The lowest BCUT2D eigenvalue weighted by Crippen LogP contribution is -2.49. The topological polar surface area (TPSA) is 54.2 Å². The van der Waals surface area contributed by atoms with Crippen LogP contribution in [-0.2, 0) is 0 Å². The number of hydrogen-bond acceptors (Lipinski definition) is 5. The maximum absolute atomic E-state index is 5.64. The first kappa shape index (κ1) is 9.89. The highest BCUT2D eigenvalue weighted by Gasteiger charge is 2.28. The number of hydrogen-bond donors (Lipinski definition) is 2. The molecular weight excluding hydrogens is 196 g/mol. The number of nitrogens with zero attached hydrogens (tertiary/aromatic N) is 2. The van der Waals surface area contributed by atoms with Gasteiger partial charge in [-0.15, -0.1) is 11.3 Å². The van der Waals surface area contributed by atoms with Crippen molar-refractivity contribution >= 4 is 16.5 Å². The van der Waals surface area contributed by atoms with Crippen molar-refractivity contribution in [1.29, 1.82) is 0 Å². The zero-order chi connectivity index (χ0) is 10.1. The Morgan fingerprint density at radius 1 is 1.71 bits per heavy atom. The van der Waals surface area contributed by atoms with Crippen LogP contribution in [0.3, 0.4) is 0 Å². The standard InChI is InChI=1S/C9H16N4S/c1-6-8(13(2)4-3-11-6)7-5-14-9(10)12-7/h5-6,8,11H,3-4H2,1-2H3,(H2,10,12). The molecule has 5 heteroatoms. The molecule has 1 saturated heterocycles. The summed E-state index contributed by atoms with van der Waals surface area (Å²) in [6, 6.07) is 0.799. The van der Waals surface area contributed by atoms with Gasteiger partial charge in [0.25, 0.3) is 0 Å². The van der Waals surface area contributed by atoms with Crippen molar-refractivity contribution in [1.82, 2.24) is 15.2 Å². The lowest BCUT2D eigenvalue weighted by molar-refractivity contribution is 0.156. The Bertz CT molecular complexity index is 302. The number of thiazole rings is 1. The fourth-order valence-electron chi connectivity index (χ4n) is 2.02. The molecule has 2 atom stereocenters. The van der Waals surface area contributed by atoms with Crippen molar-refractivity contribution in [2.24, 2.45) is 0 Å². The van der Waals surface area contributed by atoms with Gasteiger partial charge in [0.15, 0.2) is 5.13 Å². The van der Waals surface area contributed by atoms with Crippen LogP contribution in [0.15, 0.2) is 5.38 Å². The van der Waals surface area contributed by atoms with Crippen LogP contribution in [-0.4, -0.2) is 36.1 Å². The van der Waals surface area contributed by atoms with E-state index in [1.165, 1.54) is 11.3 Å². The average Bonchev–Trinajstić information content (AvgIpc) is 2.51. The predicted octanol–water partition coefficient (Wildman–Crippen LogP) is 0.690. The van der Waals surface area contributed by atoms with E-state index in [4.69, 9.17) is 5.73 Å². The molecule has 1 aliphatic rings. The van der Waals surface area contributed by atoms with Gasteiger partial charge in [0.05, 0.1) is 11.7 Å². The summed E-state index contributed by atoms with van der Waals surface area (Å²) < 4.78 is 0. The van der Waals surface area contributed by atoms with Gasteiger partial charge in [-0.3, -0.25) is 4.90 Å². The molecule has 1 aromatic heterocycles. The third-order valence-corrected chi connectivity index (χ3v) is 3.41. The van der Waals surface area contributed by atoms with E-state index in [0.29, 0.717) is 17.2 Å². The largest absolute Gasteiger partial charge is 0.375 e. The first-order valence-electron chi connectivity index (χ1n) is 4.83. The molecule has 1 aromatic rings. The molecule has 0 aromatic carbocycles. The molecular formula is C9H16N4S. The fourth-order valence-corrected chi connectivity index (χ4v) is 2.61.